The van der Waals surface area contributed by atoms with E-state index in [1.807, 2.05) is 19.9 Å². The largest absolute Gasteiger partial charge is 0.357 e. The van der Waals surface area contributed by atoms with Crippen molar-refractivity contribution in [2.75, 3.05) is 19.6 Å². The fourth-order valence-corrected chi connectivity index (χ4v) is 3.19. The van der Waals surface area contributed by atoms with E-state index in [0.29, 0.717) is 13.1 Å². The van der Waals surface area contributed by atoms with Crippen LogP contribution in [0.15, 0.2) is 29.3 Å². The predicted octanol–water partition coefficient (Wildman–Crippen LogP) is 3.24. The van der Waals surface area contributed by atoms with Crippen LogP contribution in [0.4, 0.5) is 4.39 Å². The molecule has 24 heavy (non-hydrogen) atoms. The molecule has 0 fully saturated rings. The number of hydrogen-bond acceptors (Lipinski definition) is 3. The lowest BCUT2D eigenvalue weighted by molar-refractivity contribution is 0.625. The summed E-state index contributed by atoms with van der Waals surface area (Å²) in [5.74, 6) is 0.598. The Hall–Kier alpha value is -1.95. The van der Waals surface area contributed by atoms with E-state index in [0.717, 1.165) is 41.6 Å². The molecule has 2 N–H and O–H groups in total. The molecule has 0 unspecified atom stereocenters. The number of rotatable bonds is 7. The second kappa shape index (κ2) is 9.37. The van der Waals surface area contributed by atoms with E-state index in [-0.39, 0.29) is 5.82 Å². The van der Waals surface area contributed by atoms with Crippen LogP contribution in [0.5, 0.6) is 0 Å². The van der Waals surface area contributed by atoms with Gasteiger partial charge in [-0.15, -0.1) is 11.3 Å². The van der Waals surface area contributed by atoms with Gasteiger partial charge in [0.1, 0.15) is 5.82 Å². The van der Waals surface area contributed by atoms with Crippen molar-refractivity contribution in [1.29, 1.82) is 0 Å². The number of guanidine groups is 1. The second-order valence-electron chi connectivity index (χ2n) is 5.57. The van der Waals surface area contributed by atoms with E-state index in [1.54, 1.807) is 23.5 Å². The third kappa shape index (κ3) is 5.92. The molecule has 2 rings (SSSR count). The Morgan fingerprint density at radius 3 is 2.75 bits per heavy atom. The van der Waals surface area contributed by atoms with Crippen molar-refractivity contribution in [3.63, 3.8) is 0 Å². The normalized spacial score (nSPS) is 11.6. The van der Waals surface area contributed by atoms with Gasteiger partial charge in [0.25, 0.3) is 0 Å². The number of aromatic nitrogens is 1. The Kier molecular flexibility index (Phi) is 7.18. The molecular weight excluding hydrogens is 323 g/mol. The van der Waals surface area contributed by atoms with Crippen LogP contribution in [-0.2, 0) is 12.8 Å². The van der Waals surface area contributed by atoms with Crippen molar-refractivity contribution < 1.29 is 4.39 Å². The summed E-state index contributed by atoms with van der Waals surface area (Å²) < 4.78 is 13.2. The molecule has 0 spiro atoms. The van der Waals surface area contributed by atoms with E-state index in [9.17, 15) is 4.39 Å². The van der Waals surface area contributed by atoms with E-state index >= 15 is 0 Å². The molecule has 2 aromatic rings. The molecule has 0 saturated carbocycles. The number of aryl methyl sites for hydroxylation is 2. The highest BCUT2D eigenvalue weighted by Gasteiger charge is 2.03. The lowest BCUT2D eigenvalue weighted by atomic mass is 10.1. The van der Waals surface area contributed by atoms with Gasteiger partial charge in [-0.05, 0) is 44.9 Å². The molecule has 0 bridgehead atoms. The summed E-state index contributed by atoms with van der Waals surface area (Å²) >= 11 is 1.74. The minimum absolute atomic E-state index is 0.192. The Morgan fingerprint density at radius 2 is 2.08 bits per heavy atom. The van der Waals surface area contributed by atoms with Crippen molar-refractivity contribution in [2.45, 2.75) is 33.6 Å². The number of benzene rings is 1. The zero-order chi connectivity index (χ0) is 17.4. The monoisotopic (exact) mass is 348 g/mol. The Labute approximate surface area is 147 Å². The van der Waals surface area contributed by atoms with Crippen LogP contribution in [0.1, 0.15) is 28.1 Å². The van der Waals surface area contributed by atoms with E-state index in [1.165, 1.54) is 10.9 Å². The maximum absolute atomic E-state index is 13.2. The summed E-state index contributed by atoms with van der Waals surface area (Å²) in [6.07, 6.45) is 1.60. The topological polar surface area (TPSA) is 49.3 Å². The van der Waals surface area contributed by atoms with Crippen LogP contribution >= 0.6 is 11.3 Å². The highest BCUT2D eigenvalue weighted by atomic mass is 32.1. The molecule has 1 heterocycles. The molecule has 6 heteroatoms. The lowest BCUT2D eigenvalue weighted by Crippen LogP contribution is -2.38. The number of nitrogens with one attached hydrogen (secondary N) is 2. The average molecular weight is 348 g/mol. The molecule has 0 atom stereocenters. The van der Waals surface area contributed by atoms with Gasteiger partial charge in [-0.2, -0.15) is 0 Å². The lowest BCUT2D eigenvalue weighted by Gasteiger charge is -2.11. The molecule has 0 aliphatic heterocycles. The van der Waals surface area contributed by atoms with E-state index < -0.39 is 0 Å². The first-order valence-corrected chi connectivity index (χ1v) is 9.09. The Morgan fingerprint density at radius 1 is 1.25 bits per heavy atom. The number of halogens is 1. The van der Waals surface area contributed by atoms with Crippen molar-refractivity contribution in [1.82, 2.24) is 15.6 Å². The molecule has 0 radical (unpaired) electrons. The Balaban J connectivity index is 1.81. The SMILES string of the molecule is CCNC(=NCCc1nc(C)c(C)s1)NCCc1cccc(F)c1. The molecule has 0 aliphatic carbocycles. The number of hydrogen-bond donors (Lipinski definition) is 2. The van der Waals surface area contributed by atoms with Gasteiger partial charge in [-0.25, -0.2) is 9.37 Å². The van der Waals surface area contributed by atoms with Gasteiger partial charge in [0.05, 0.1) is 10.7 Å². The first-order chi connectivity index (χ1) is 11.6. The molecule has 4 nitrogen and oxygen atoms in total. The fourth-order valence-electron chi connectivity index (χ4n) is 2.27. The highest BCUT2D eigenvalue weighted by Crippen LogP contribution is 2.16. The summed E-state index contributed by atoms with van der Waals surface area (Å²) in [6, 6.07) is 6.70. The third-order valence-corrected chi connectivity index (χ3v) is 4.74. The fraction of sp³-hybridized carbons (Fsp3) is 0.444. The van der Waals surface area contributed by atoms with E-state index in [2.05, 4.69) is 27.5 Å². The summed E-state index contributed by atoms with van der Waals surface area (Å²) in [5.41, 5.74) is 2.09. The molecule has 0 aliphatic rings. The molecule has 0 saturated heterocycles. The molecule has 1 aromatic heterocycles. The van der Waals surface area contributed by atoms with Crippen LogP contribution in [0.3, 0.4) is 0 Å². The van der Waals surface area contributed by atoms with Crippen LogP contribution in [0.2, 0.25) is 0 Å². The smallest absolute Gasteiger partial charge is 0.191 e. The average Bonchev–Trinajstić information content (AvgIpc) is 2.86. The maximum atomic E-state index is 13.2. The molecule has 0 amide bonds. The van der Waals surface area contributed by atoms with Crippen LogP contribution in [0.25, 0.3) is 0 Å². The van der Waals surface area contributed by atoms with Gasteiger partial charge < -0.3 is 10.6 Å². The summed E-state index contributed by atoms with van der Waals surface area (Å²) in [7, 11) is 0. The minimum Gasteiger partial charge on any atom is -0.357 e. The van der Waals surface area contributed by atoms with E-state index in [4.69, 9.17) is 0 Å². The van der Waals surface area contributed by atoms with Crippen molar-refractivity contribution in [3.8, 4) is 0 Å². The van der Waals surface area contributed by atoms with Crippen LogP contribution in [0, 0.1) is 19.7 Å². The summed E-state index contributed by atoms with van der Waals surface area (Å²) in [4.78, 5) is 10.4. The second-order valence-corrected chi connectivity index (χ2v) is 6.85. The van der Waals surface area contributed by atoms with Gasteiger partial charge >= 0.3 is 0 Å². The zero-order valence-corrected chi connectivity index (χ0v) is 15.3. The zero-order valence-electron chi connectivity index (χ0n) is 14.5. The van der Waals surface area contributed by atoms with Gasteiger partial charge in [-0.1, -0.05) is 12.1 Å². The summed E-state index contributed by atoms with van der Waals surface area (Å²) in [5, 5.41) is 7.65. The molecular formula is C18H25FN4S. The maximum Gasteiger partial charge on any atom is 0.191 e. The number of thiazole rings is 1. The highest BCUT2D eigenvalue weighted by molar-refractivity contribution is 7.11. The minimum atomic E-state index is -0.192. The number of nitrogens with zero attached hydrogens (tertiary/aromatic N) is 2. The van der Waals surface area contributed by atoms with Crippen LogP contribution < -0.4 is 10.6 Å². The molecule has 130 valence electrons. The van der Waals surface area contributed by atoms with Crippen molar-refractivity contribution in [2.24, 2.45) is 4.99 Å². The van der Waals surface area contributed by atoms with Gasteiger partial charge in [0.15, 0.2) is 5.96 Å². The first kappa shape index (κ1) is 18.4. The third-order valence-electron chi connectivity index (χ3n) is 3.61. The molecule has 1 aromatic carbocycles. The summed E-state index contributed by atoms with van der Waals surface area (Å²) in [6.45, 7) is 8.39. The quantitative estimate of drug-likeness (QED) is 0.596. The van der Waals surface area contributed by atoms with Crippen molar-refractivity contribution in [3.05, 3.63) is 51.2 Å². The van der Waals surface area contributed by atoms with Crippen LogP contribution in [-0.4, -0.2) is 30.6 Å². The van der Waals surface area contributed by atoms with Gasteiger partial charge in [0, 0.05) is 30.9 Å². The van der Waals surface area contributed by atoms with Gasteiger partial charge in [-0.3, -0.25) is 4.99 Å². The first-order valence-electron chi connectivity index (χ1n) is 8.28. The standard InChI is InChI=1S/C18H25FN4S/c1-4-20-18(21-10-8-15-6-5-7-16(19)12-15)22-11-9-17-23-13(2)14(3)24-17/h5-7,12H,4,8-11H2,1-3H3,(H2,20,21,22). The Bertz CT molecular complexity index is 662. The van der Waals surface area contributed by atoms with Crippen molar-refractivity contribution >= 4 is 17.3 Å². The predicted molar refractivity (Wildman–Crippen MR) is 99.4 cm³/mol. The van der Waals surface area contributed by atoms with Gasteiger partial charge in [0.2, 0.25) is 0 Å². The number of aliphatic imine (C=N–C) groups is 1.